The standard InChI is InChI=1S/C11H13ClN2O.C4H4O4/c1-15-9-3-2-8-10(11(9)12)7(4-5-13)6-14-8;5-3(6)1-2-4(7)8/h2-3,6,14H,4-5,13H2,1H3;1-2H,(H,5,6)(H,7,8). The zero-order valence-electron chi connectivity index (χ0n) is 12.4. The predicted molar refractivity (Wildman–Crippen MR) is 87.0 cm³/mol. The maximum Gasteiger partial charge on any atom is 0.328 e. The monoisotopic (exact) mass is 340 g/mol. The van der Waals surface area contributed by atoms with E-state index < -0.39 is 11.9 Å². The highest BCUT2D eigenvalue weighted by molar-refractivity contribution is 6.37. The van der Waals surface area contributed by atoms with Crippen molar-refractivity contribution in [2.24, 2.45) is 5.73 Å². The number of aromatic amines is 1. The van der Waals surface area contributed by atoms with E-state index in [1.165, 1.54) is 0 Å². The summed E-state index contributed by atoms with van der Waals surface area (Å²) in [6, 6.07) is 3.81. The van der Waals surface area contributed by atoms with Crippen LogP contribution in [0.4, 0.5) is 0 Å². The lowest BCUT2D eigenvalue weighted by molar-refractivity contribution is -0.134. The number of carboxylic acid groups (broad SMARTS) is 2. The number of aliphatic carboxylic acids is 2. The van der Waals surface area contributed by atoms with Gasteiger partial charge in [-0.25, -0.2) is 9.59 Å². The van der Waals surface area contributed by atoms with Crippen LogP contribution in [0.5, 0.6) is 5.75 Å². The van der Waals surface area contributed by atoms with Crippen LogP contribution < -0.4 is 10.5 Å². The van der Waals surface area contributed by atoms with Crippen molar-refractivity contribution in [3.8, 4) is 5.75 Å². The summed E-state index contributed by atoms with van der Waals surface area (Å²) in [4.78, 5) is 22.3. The second-order valence-corrected chi connectivity index (χ2v) is 4.74. The first-order chi connectivity index (χ1) is 10.9. The number of H-pyrrole nitrogens is 1. The number of carboxylic acids is 2. The fourth-order valence-corrected chi connectivity index (χ4v) is 2.24. The van der Waals surface area contributed by atoms with Crippen molar-refractivity contribution in [1.82, 2.24) is 4.98 Å². The fraction of sp³-hybridized carbons (Fsp3) is 0.200. The van der Waals surface area contributed by atoms with Gasteiger partial charge in [0.1, 0.15) is 5.75 Å². The molecule has 0 saturated heterocycles. The van der Waals surface area contributed by atoms with Gasteiger partial charge in [-0.2, -0.15) is 0 Å². The molecule has 0 aliphatic heterocycles. The molecule has 8 heteroatoms. The van der Waals surface area contributed by atoms with E-state index in [0.717, 1.165) is 22.9 Å². The largest absolute Gasteiger partial charge is 0.495 e. The molecule has 0 radical (unpaired) electrons. The number of nitrogens with one attached hydrogen (secondary N) is 1. The van der Waals surface area contributed by atoms with E-state index in [9.17, 15) is 9.59 Å². The third-order valence-electron chi connectivity index (χ3n) is 2.83. The topological polar surface area (TPSA) is 126 Å². The van der Waals surface area contributed by atoms with Gasteiger partial charge < -0.3 is 25.7 Å². The van der Waals surface area contributed by atoms with Gasteiger partial charge in [-0.05, 0) is 30.7 Å². The summed E-state index contributed by atoms with van der Waals surface area (Å²) in [5.41, 5.74) is 7.70. The number of methoxy groups -OCH3 is 1. The highest BCUT2D eigenvalue weighted by atomic mass is 35.5. The highest BCUT2D eigenvalue weighted by Gasteiger charge is 2.10. The van der Waals surface area contributed by atoms with Crippen molar-refractivity contribution in [3.63, 3.8) is 0 Å². The zero-order valence-corrected chi connectivity index (χ0v) is 13.1. The number of halogens is 1. The second-order valence-electron chi connectivity index (χ2n) is 4.37. The molecule has 0 fully saturated rings. The quantitative estimate of drug-likeness (QED) is 0.617. The summed E-state index contributed by atoms with van der Waals surface area (Å²) < 4.78 is 5.18. The van der Waals surface area contributed by atoms with E-state index in [2.05, 4.69) is 4.98 Å². The Morgan fingerprint density at radius 1 is 1.30 bits per heavy atom. The number of rotatable bonds is 5. The van der Waals surface area contributed by atoms with Gasteiger partial charge in [0, 0.05) is 29.3 Å². The number of fused-ring (bicyclic) bond motifs is 1. The first-order valence-corrected chi connectivity index (χ1v) is 6.95. The smallest absolute Gasteiger partial charge is 0.328 e. The van der Waals surface area contributed by atoms with Crippen molar-refractivity contribution >= 4 is 34.4 Å². The van der Waals surface area contributed by atoms with Crippen molar-refractivity contribution in [1.29, 1.82) is 0 Å². The normalized spacial score (nSPS) is 10.4. The molecule has 1 heterocycles. The predicted octanol–water partition coefficient (Wildman–Crippen LogP) is 2.04. The highest BCUT2D eigenvalue weighted by Crippen LogP contribution is 2.34. The van der Waals surface area contributed by atoms with Gasteiger partial charge in [0.15, 0.2) is 0 Å². The number of carbonyl (C=O) groups is 2. The Morgan fingerprint density at radius 3 is 2.39 bits per heavy atom. The first-order valence-electron chi connectivity index (χ1n) is 6.57. The molecule has 7 nitrogen and oxygen atoms in total. The number of ether oxygens (including phenoxy) is 1. The Labute approximate surface area is 137 Å². The average Bonchev–Trinajstić information content (AvgIpc) is 2.91. The van der Waals surface area contributed by atoms with Crippen molar-refractivity contribution in [2.45, 2.75) is 6.42 Å². The number of hydrogen-bond donors (Lipinski definition) is 4. The SMILES string of the molecule is COc1ccc2[nH]cc(CCN)c2c1Cl.O=C(O)C=CC(=O)O. The third-order valence-corrected chi connectivity index (χ3v) is 3.21. The number of aromatic nitrogens is 1. The zero-order chi connectivity index (χ0) is 17.4. The molecular formula is C15H17ClN2O5. The molecule has 0 unspecified atom stereocenters. The minimum Gasteiger partial charge on any atom is -0.495 e. The Morgan fingerprint density at radius 2 is 1.91 bits per heavy atom. The maximum absolute atomic E-state index is 9.55. The maximum atomic E-state index is 9.55. The molecule has 23 heavy (non-hydrogen) atoms. The van der Waals surface area contributed by atoms with Crippen LogP contribution in [0, 0.1) is 0 Å². The Kier molecular flexibility index (Phi) is 7.11. The molecule has 0 atom stereocenters. The van der Waals surface area contributed by atoms with Crippen LogP contribution in [0.25, 0.3) is 10.9 Å². The van der Waals surface area contributed by atoms with E-state index in [4.69, 9.17) is 32.3 Å². The van der Waals surface area contributed by atoms with E-state index in [0.29, 0.717) is 29.5 Å². The van der Waals surface area contributed by atoms with E-state index in [-0.39, 0.29) is 0 Å². The number of benzene rings is 1. The summed E-state index contributed by atoms with van der Waals surface area (Å²) in [7, 11) is 1.61. The molecule has 0 saturated carbocycles. The Balaban J connectivity index is 0.000000284. The van der Waals surface area contributed by atoms with E-state index in [1.807, 2.05) is 18.3 Å². The van der Waals surface area contributed by atoms with Gasteiger partial charge in [0.05, 0.1) is 12.1 Å². The lowest BCUT2D eigenvalue weighted by Crippen LogP contribution is -2.02. The molecule has 1 aromatic carbocycles. The summed E-state index contributed by atoms with van der Waals surface area (Å²) in [5.74, 6) is -1.82. The number of nitrogens with two attached hydrogens (primary N) is 1. The Hall–Kier alpha value is -2.51. The molecule has 1 aromatic heterocycles. The molecule has 124 valence electrons. The number of hydrogen-bond acceptors (Lipinski definition) is 4. The minimum atomic E-state index is -1.26. The van der Waals surface area contributed by atoms with Gasteiger partial charge in [-0.1, -0.05) is 11.6 Å². The van der Waals surface area contributed by atoms with Crippen LogP contribution in [0.15, 0.2) is 30.5 Å². The van der Waals surface area contributed by atoms with Crippen LogP contribution in [-0.2, 0) is 16.0 Å². The van der Waals surface area contributed by atoms with E-state index >= 15 is 0 Å². The molecule has 0 aliphatic rings. The van der Waals surface area contributed by atoms with Crippen LogP contribution in [0.3, 0.4) is 0 Å². The molecule has 5 N–H and O–H groups in total. The van der Waals surface area contributed by atoms with Gasteiger partial charge in [0.2, 0.25) is 0 Å². The average molecular weight is 341 g/mol. The minimum absolute atomic E-state index is 0.558. The first kappa shape index (κ1) is 18.5. The van der Waals surface area contributed by atoms with Gasteiger partial charge in [0.25, 0.3) is 0 Å². The lowest BCUT2D eigenvalue weighted by Gasteiger charge is -2.05. The molecule has 0 bridgehead atoms. The Bertz CT molecular complexity index is 708. The molecule has 2 rings (SSSR count). The third kappa shape index (κ3) is 5.32. The summed E-state index contributed by atoms with van der Waals surface area (Å²) in [6.07, 6.45) is 3.88. The van der Waals surface area contributed by atoms with Gasteiger partial charge >= 0.3 is 11.9 Å². The summed E-state index contributed by atoms with van der Waals surface area (Å²) in [5, 5.41) is 17.3. The molecular weight excluding hydrogens is 324 g/mol. The van der Waals surface area contributed by atoms with Crippen molar-refractivity contribution < 1.29 is 24.5 Å². The van der Waals surface area contributed by atoms with Crippen LogP contribution in [0.2, 0.25) is 5.02 Å². The van der Waals surface area contributed by atoms with Crippen LogP contribution in [-0.4, -0.2) is 40.8 Å². The molecule has 0 amide bonds. The molecule has 0 aliphatic carbocycles. The molecule has 2 aromatic rings. The van der Waals surface area contributed by atoms with Crippen molar-refractivity contribution in [2.75, 3.05) is 13.7 Å². The molecule has 0 spiro atoms. The fourth-order valence-electron chi connectivity index (χ4n) is 1.88. The lowest BCUT2D eigenvalue weighted by atomic mass is 10.1. The summed E-state index contributed by atoms with van der Waals surface area (Å²) in [6.45, 7) is 0.612. The van der Waals surface area contributed by atoms with Crippen LogP contribution >= 0.6 is 11.6 Å². The summed E-state index contributed by atoms with van der Waals surface area (Å²) >= 11 is 6.24. The van der Waals surface area contributed by atoms with Crippen molar-refractivity contribution in [3.05, 3.63) is 41.1 Å². The van der Waals surface area contributed by atoms with E-state index in [1.54, 1.807) is 7.11 Å². The van der Waals surface area contributed by atoms with Gasteiger partial charge in [-0.3, -0.25) is 0 Å². The van der Waals surface area contributed by atoms with Gasteiger partial charge in [-0.15, -0.1) is 0 Å². The van der Waals surface area contributed by atoms with Crippen LogP contribution in [0.1, 0.15) is 5.56 Å². The second kappa shape index (κ2) is 8.82.